The molecule has 0 saturated carbocycles. The summed E-state index contributed by atoms with van der Waals surface area (Å²) in [5.41, 5.74) is 4.93. The van der Waals surface area contributed by atoms with Gasteiger partial charge in [-0.1, -0.05) is 23.8 Å². The van der Waals surface area contributed by atoms with Gasteiger partial charge < -0.3 is 20.3 Å². The monoisotopic (exact) mass is 628 g/mol. The summed E-state index contributed by atoms with van der Waals surface area (Å²) in [4.78, 5) is 19.3. The predicted octanol–water partition coefficient (Wildman–Crippen LogP) is 0.0527. The fourth-order valence-electron chi connectivity index (χ4n) is 3.26. The maximum absolute atomic E-state index is 11.8. The number of ether oxygens (including phenoxy) is 1. The first-order chi connectivity index (χ1) is 12.8. The van der Waals surface area contributed by atoms with Crippen LogP contribution in [0.25, 0.3) is 10.6 Å². The molecule has 148 valence electrons. The Labute approximate surface area is 231 Å². The number of benzene rings is 1. The summed E-state index contributed by atoms with van der Waals surface area (Å²) in [5.74, 6) is 0.0769. The summed E-state index contributed by atoms with van der Waals surface area (Å²) in [6, 6.07) is 8.32. The van der Waals surface area contributed by atoms with Crippen LogP contribution >= 0.6 is 0 Å². The summed E-state index contributed by atoms with van der Waals surface area (Å²) in [6.45, 7) is 4.65. The zero-order chi connectivity index (χ0) is 18.2. The van der Waals surface area contributed by atoms with E-state index >= 15 is 0 Å². The van der Waals surface area contributed by atoms with Crippen LogP contribution < -0.4 is 68.6 Å². The van der Waals surface area contributed by atoms with E-state index in [4.69, 9.17) is 9.57 Å². The Morgan fingerprint density at radius 3 is 2.96 bits per heavy atom. The minimum absolute atomic E-state index is 0. The first kappa shape index (κ1) is 26.9. The van der Waals surface area contributed by atoms with Crippen LogP contribution in [0.3, 0.4) is 0 Å². The summed E-state index contributed by atoms with van der Waals surface area (Å²) in [7, 11) is 1.81. The minimum Gasteiger partial charge on any atom is -0.663 e. The molecule has 1 aromatic rings. The molecule has 0 bridgehead atoms. The second-order valence-corrected chi connectivity index (χ2v) is 6.56. The Morgan fingerprint density at radius 1 is 1.39 bits per heavy atom. The first-order valence-electron chi connectivity index (χ1n) is 9.23. The molecule has 1 N–H and O–H groups in total. The molecule has 28 heavy (non-hydrogen) atoms. The van der Waals surface area contributed by atoms with Gasteiger partial charge in [-0.3, -0.25) is 4.79 Å². The molecule has 2 heterocycles. The third kappa shape index (κ3) is 8.16. The van der Waals surface area contributed by atoms with Crippen LogP contribution in [-0.2, 0) is 35.4 Å². The van der Waals surface area contributed by atoms with E-state index in [1.165, 1.54) is 11.3 Å². The van der Waals surface area contributed by atoms with E-state index in [1.807, 2.05) is 19.2 Å². The Balaban J connectivity index is 0.00000196. The number of hydrogen-bond donors (Lipinski definition) is 1. The Morgan fingerprint density at radius 2 is 2.21 bits per heavy atom. The maximum atomic E-state index is 11.8. The molecule has 0 radical (unpaired) electrons. The van der Waals surface area contributed by atoms with E-state index in [9.17, 15) is 4.79 Å². The zero-order valence-electron chi connectivity index (χ0n) is 16.7. The Bertz CT molecular complexity index is 590. The van der Waals surface area contributed by atoms with Crippen LogP contribution in [0.4, 0.5) is 5.69 Å². The molecule has 1 aromatic carbocycles. The molecule has 1 fully saturated rings. The number of amides is 1. The molecule has 9 heteroatoms. The number of hydroxylamine groups is 1. The van der Waals surface area contributed by atoms with Gasteiger partial charge in [-0.2, -0.15) is 13.6 Å². The maximum Gasteiger partial charge on any atom is 2.00 e. The third-order valence-electron chi connectivity index (χ3n) is 4.56. The summed E-state index contributed by atoms with van der Waals surface area (Å²) in [5, 5.41) is 8.76. The molecule has 2 unspecified atom stereocenters. The molecule has 2 atom stereocenters. The summed E-state index contributed by atoms with van der Waals surface area (Å²) >= 11 is 0. The summed E-state index contributed by atoms with van der Waals surface area (Å²) < 4.78 is 5.41. The molecule has 1 saturated heterocycles. The zero-order valence-corrected chi connectivity index (χ0v) is 24.5. The number of fused-ring (bicyclic) bond motifs is 1. The van der Waals surface area contributed by atoms with Crippen molar-refractivity contribution in [2.24, 2.45) is 0 Å². The van der Waals surface area contributed by atoms with Crippen LogP contribution in [0.15, 0.2) is 24.3 Å². The molecular formula is C19H27N4O3RbW. The molecule has 0 spiro atoms. The SMILES string of the molecule is C[N-]CN1[CH-]C(C[N-]CCC(=O)NOC2CCCCO2)c2ccccc21.[Rb+].[W+2]. The number of hydrogen-bond acceptors (Lipinski definition) is 4. The van der Waals surface area contributed by atoms with Crippen LogP contribution in [0.5, 0.6) is 0 Å². The average molecular weight is 629 g/mol. The van der Waals surface area contributed by atoms with Gasteiger partial charge in [0, 0.05) is 25.1 Å². The Hall–Kier alpha value is 0.824. The molecule has 0 aliphatic carbocycles. The van der Waals surface area contributed by atoms with Crippen LogP contribution in [0, 0.1) is 6.54 Å². The van der Waals surface area contributed by atoms with Gasteiger partial charge >= 0.3 is 79.3 Å². The smallest absolute Gasteiger partial charge is 0.663 e. The van der Waals surface area contributed by atoms with E-state index in [0.29, 0.717) is 32.8 Å². The molecule has 1 amide bonds. The number of carbonyl (C=O) groups is 1. The molecule has 7 nitrogen and oxygen atoms in total. The Kier molecular flexibility index (Phi) is 14.2. The van der Waals surface area contributed by atoms with Crippen LogP contribution in [-0.4, -0.2) is 45.6 Å². The van der Waals surface area contributed by atoms with Crippen molar-refractivity contribution in [1.29, 1.82) is 0 Å². The van der Waals surface area contributed by atoms with Gasteiger partial charge in [-0.05, 0) is 18.9 Å². The van der Waals surface area contributed by atoms with Crippen molar-refractivity contribution in [3.63, 3.8) is 0 Å². The molecular weight excluding hydrogens is 602 g/mol. The fourth-order valence-corrected chi connectivity index (χ4v) is 3.26. The molecule has 2 aliphatic heterocycles. The molecule has 2 aliphatic rings. The minimum atomic E-state index is -0.316. The van der Waals surface area contributed by atoms with Crippen molar-refractivity contribution in [3.05, 3.63) is 47.0 Å². The van der Waals surface area contributed by atoms with Crippen molar-refractivity contribution < 1.29 is 93.6 Å². The number of anilines is 1. The quantitative estimate of drug-likeness (QED) is 0.238. The van der Waals surface area contributed by atoms with Crippen molar-refractivity contribution in [3.8, 4) is 0 Å². The van der Waals surface area contributed by atoms with Gasteiger partial charge in [0.2, 0.25) is 5.91 Å². The number of rotatable bonds is 9. The number of carbonyl (C=O) groups excluding carboxylic acids is 1. The average Bonchev–Trinajstić information content (AvgIpc) is 3.03. The normalized spacial score (nSPS) is 20.7. The van der Waals surface area contributed by atoms with Gasteiger partial charge in [-0.25, -0.2) is 16.9 Å². The third-order valence-corrected chi connectivity index (χ3v) is 4.56. The number of nitrogens with one attached hydrogen (secondary N) is 1. The summed E-state index contributed by atoms with van der Waals surface area (Å²) in [6.07, 6.45) is 2.94. The second kappa shape index (κ2) is 14.8. The van der Waals surface area contributed by atoms with E-state index in [1.54, 1.807) is 0 Å². The molecule has 3 rings (SSSR count). The van der Waals surface area contributed by atoms with Gasteiger partial charge in [0.15, 0.2) is 6.29 Å². The predicted molar refractivity (Wildman–Crippen MR) is 101 cm³/mol. The van der Waals surface area contributed by atoms with Crippen molar-refractivity contribution >= 4 is 11.6 Å². The van der Waals surface area contributed by atoms with E-state index in [2.05, 4.69) is 39.7 Å². The van der Waals surface area contributed by atoms with E-state index in [0.717, 1.165) is 19.3 Å². The number of nitrogens with zero attached hydrogens (tertiary/aromatic N) is 3. The molecule has 0 aromatic heterocycles. The standard InChI is InChI=1S/C19H27N4O3.Rb.W/c1-20-14-23-13-15(16-6-2-3-7-17(16)23)12-21-10-9-18(24)22-26-19-8-4-5-11-25-19;;/h2-3,6-7,13,15,19H,4-5,8-12,14H2,1H3,(H,22,24);;/q-3;+1;+2. The van der Waals surface area contributed by atoms with Gasteiger partial charge in [0.05, 0.1) is 0 Å². The van der Waals surface area contributed by atoms with Crippen LogP contribution in [0.2, 0.25) is 0 Å². The van der Waals surface area contributed by atoms with Crippen molar-refractivity contribution in [2.45, 2.75) is 37.9 Å². The second-order valence-electron chi connectivity index (χ2n) is 6.56. The topological polar surface area (TPSA) is 79.0 Å². The van der Waals surface area contributed by atoms with Gasteiger partial charge in [0.25, 0.3) is 0 Å². The first-order valence-corrected chi connectivity index (χ1v) is 9.23. The van der Waals surface area contributed by atoms with Crippen molar-refractivity contribution in [1.82, 2.24) is 5.48 Å². The van der Waals surface area contributed by atoms with E-state index < -0.39 is 0 Å². The van der Waals surface area contributed by atoms with E-state index in [-0.39, 0.29) is 97.4 Å². The fraction of sp³-hybridized carbons (Fsp3) is 0.579. The van der Waals surface area contributed by atoms with Gasteiger partial charge in [0.1, 0.15) is 0 Å². The largest absolute Gasteiger partial charge is 2.00 e. The number of para-hydroxylation sites is 1. The van der Waals surface area contributed by atoms with Crippen LogP contribution in [0.1, 0.15) is 37.2 Å². The van der Waals surface area contributed by atoms with Crippen molar-refractivity contribution in [2.75, 3.05) is 38.3 Å². The van der Waals surface area contributed by atoms with Gasteiger partial charge in [-0.15, -0.1) is 19.1 Å².